The zero-order chi connectivity index (χ0) is 20.9. The fourth-order valence-electron chi connectivity index (χ4n) is 3.75. The van der Waals surface area contributed by atoms with Crippen LogP contribution in [0.25, 0.3) is 0 Å². The molecule has 1 aromatic carbocycles. The lowest BCUT2D eigenvalue weighted by atomic mass is 9.84. The zero-order valence-electron chi connectivity index (χ0n) is 19.0. The quantitative estimate of drug-likeness (QED) is 0.323. The van der Waals surface area contributed by atoms with Crippen molar-refractivity contribution in [3.63, 3.8) is 0 Å². The van der Waals surface area contributed by atoms with Crippen LogP contribution in [-0.2, 0) is 25.4 Å². The molecule has 0 bridgehead atoms. The van der Waals surface area contributed by atoms with E-state index in [1.807, 2.05) is 18.5 Å². The van der Waals surface area contributed by atoms with Crippen molar-refractivity contribution in [3.05, 3.63) is 47.0 Å². The van der Waals surface area contributed by atoms with Crippen LogP contribution in [0.1, 0.15) is 69.2 Å². The molecule has 1 heterocycles. The molecule has 0 radical (unpaired) electrons. The Morgan fingerprint density at radius 2 is 1.83 bits per heavy atom. The van der Waals surface area contributed by atoms with Crippen molar-refractivity contribution in [1.29, 1.82) is 0 Å². The van der Waals surface area contributed by atoms with E-state index < -0.39 is 0 Å². The molecule has 0 amide bonds. The van der Waals surface area contributed by atoms with Crippen LogP contribution in [0.5, 0.6) is 0 Å². The monoisotopic (exact) mass is 524 g/mol. The van der Waals surface area contributed by atoms with Gasteiger partial charge in [-0.05, 0) is 37.3 Å². The highest BCUT2D eigenvalue weighted by Crippen LogP contribution is 2.23. The molecule has 2 N–H and O–H groups in total. The Morgan fingerprint density at radius 3 is 2.40 bits per heavy atom. The average molecular weight is 524 g/mol. The molecular weight excluding hydrogens is 487 g/mol. The molecule has 1 aliphatic rings. The molecule has 0 aliphatic heterocycles. The van der Waals surface area contributed by atoms with Crippen LogP contribution in [0.4, 0.5) is 0 Å². The standard InChI is InChI=1S/C23H36N6.HI/c1-6-18-11-13-19(14-12-18)23(3,4)16-25-22(26-20-9-7-8-10-20)24-15-21-28-27-17(2)29(21)5;/h11-14,20H,6-10,15-16H2,1-5H3,(H2,24,25,26);1H. The summed E-state index contributed by atoms with van der Waals surface area (Å²) in [6.45, 7) is 10.0. The number of rotatable bonds is 7. The largest absolute Gasteiger partial charge is 0.356 e. The summed E-state index contributed by atoms with van der Waals surface area (Å²) < 4.78 is 2.00. The van der Waals surface area contributed by atoms with Crippen LogP contribution < -0.4 is 10.6 Å². The average Bonchev–Trinajstić information content (AvgIpc) is 3.35. The second-order valence-electron chi connectivity index (χ2n) is 8.80. The highest BCUT2D eigenvalue weighted by molar-refractivity contribution is 14.0. The molecule has 2 aromatic rings. The van der Waals surface area contributed by atoms with E-state index >= 15 is 0 Å². The maximum atomic E-state index is 4.83. The lowest BCUT2D eigenvalue weighted by Gasteiger charge is -2.28. The minimum absolute atomic E-state index is 0. The highest BCUT2D eigenvalue weighted by Gasteiger charge is 2.22. The summed E-state index contributed by atoms with van der Waals surface area (Å²) >= 11 is 0. The first-order valence-electron chi connectivity index (χ1n) is 10.9. The minimum atomic E-state index is 0. The predicted octanol–water partition coefficient (Wildman–Crippen LogP) is 4.26. The third kappa shape index (κ3) is 6.43. The normalized spacial score (nSPS) is 15.2. The molecule has 1 aromatic heterocycles. The van der Waals surface area contributed by atoms with Gasteiger partial charge < -0.3 is 15.2 Å². The van der Waals surface area contributed by atoms with E-state index in [4.69, 9.17) is 4.99 Å². The van der Waals surface area contributed by atoms with E-state index in [9.17, 15) is 0 Å². The number of halogens is 1. The molecule has 0 atom stereocenters. The summed E-state index contributed by atoms with van der Waals surface area (Å²) in [6.07, 6.45) is 6.09. The van der Waals surface area contributed by atoms with E-state index in [1.54, 1.807) is 0 Å². The van der Waals surface area contributed by atoms with Crippen molar-refractivity contribution in [1.82, 2.24) is 25.4 Å². The molecule has 1 aliphatic carbocycles. The van der Waals surface area contributed by atoms with Crippen LogP contribution in [0.3, 0.4) is 0 Å². The molecule has 7 heteroatoms. The van der Waals surface area contributed by atoms with Gasteiger partial charge in [0.2, 0.25) is 0 Å². The van der Waals surface area contributed by atoms with Crippen molar-refractivity contribution in [2.45, 2.75) is 77.8 Å². The molecule has 0 spiro atoms. The third-order valence-electron chi connectivity index (χ3n) is 6.10. The molecular formula is C23H37IN6. The van der Waals surface area contributed by atoms with Crippen LogP contribution in [0.2, 0.25) is 0 Å². The molecule has 0 saturated heterocycles. The number of benzene rings is 1. The lowest BCUT2D eigenvalue weighted by molar-refractivity contribution is 0.502. The fraction of sp³-hybridized carbons (Fsp3) is 0.609. The number of nitrogens with one attached hydrogen (secondary N) is 2. The Morgan fingerprint density at radius 1 is 1.17 bits per heavy atom. The van der Waals surface area contributed by atoms with Gasteiger partial charge in [-0.25, -0.2) is 4.99 Å². The number of guanidine groups is 1. The van der Waals surface area contributed by atoms with E-state index in [1.165, 1.54) is 36.8 Å². The molecule has 166 valence electrons. The summed E-state index contributed by atoms with van der Waals surface area (Å²) in [5, 5.41) is 15.6. The van der Waals surface area contributed by atoms with Gasteiger partial charge in [0.15, 0.2) is 11.8 Å². The van der Waals surface area contributed by atoms with Gasteiger partial charge in [-0.2, -0.15) is 0 Å². The van der Waals surface area contributed by atoms with Crippen LogP contribution in [0.15, 0.2) is 29.3 Å². The summed E-state index contributed by atoms with van der Waals surface area (Å²) in [5.74, 6) is 2.66. The van der Waals surface area contributed by atoms with Crippen molar-refractivity contribution in [2.24, 2.45) is 12.0 Å². The summed E-state index contributed by atoms with van der Waals surface area (Å²) in [6, 6.07) is 9.49. The first-order valence-corrected chi connectivity index (χ1v) is 10.9. The van der Waals surface area contributed by atoms with Crippen molar-refractivity contribution >= 4 is 29.9 Å². The van der Waals surface area contributed by atoms with Gasteiger partial charge in [0.1, 0.15) is 12.4 Å². The van der Waals surface area contributed by atoms with Gasteiger partial charge in [0.25, 0.3) is 0 Å². The Hall–Kier alpha value is -1.64. The Bertz CT molecular complexity index is 819. The minimum Gasteiger partial charge on any atom is -0.356 e. The van der Waals surface area contributed by atoms with Gasteiger partial charge in [-0.15, -0.1) is 34.2 Å². The topological polar surface area (TPSA) is 67.1 Å². The van der Waals surface area contributed by atoms with Crippen molar-refractivity contribution < 1.29 is 0 Å². The van der Waals surface area contributed by atoms with Gasteiger partial charge in [-0.3, -0.25) is 0 Å². The van der Waals surface area contributed by atoms with Gasteiger partial charge >= 0.3 is 0 Å². The second kappa shape index (κ2) is 11.1. The first kappa shape index (κ1) is 24.6. The number of hydrogen-bond donors (Lipinski definition) is 2. The SMILES string of the molecule is CCc1ccc(C(C)(C)CNC(=NCc2nnc(C)n2C)NC2CCCC2)cc1.I. The van der Waals surface area contributed by atoms with Crippen molar-refractivity contribution in [2.75, 3.05) is 6.54 Å². The Labute approximate surface area is 198 Å². The molecule has 3 rings (SSSR count). The number of aryl methyl sites for hydroxylation is 2. The van der Waals surface area contributed by atoms with Gasteiger partial charge in [-0.1, -0.05) is 57.9 Å². The third-order valence-corrected chi connectivity index (χ3v) is 6.10. The first-order chi connectivity index (χ1) is 13.9. The number of aliphatic imine (C=N–C) groups is 1. The van der Waals surface area contributed by atoms with Gasteiger partial charge in [0.05, 0.1) is 0 Å². The molecule has 1 fully saturated rings. The maximum absolute atomic E-state index is 4.83. The van der Waals surface area contributed by atoms with Crippen LogP contribution in [0, 0.1) is 6.92 Å². The summed E-state index contributed by atoms with van der Waals surface area (Å²) in [4.78, 5) is 4.83. The van der Waals surface area contributed by atoms with Gasteiger partial charge in [0, 0.05) is 25.0 Å². The fourth-order valence-corrected chi connectivity index (χ4v) is 3.75. The zero-order valence-corrected chi connectivity index (χ0v) is 21.4. The molecule has 6 nitrogen and oxygen atoms in total. The van der Waals surface area contributed by atoms with E-state index in [0.717, 1.165) is 30.6 Å². The second-order valence-corrected chi connectivity index (χ2v) is 8.80. The predicted molar refractivity (Wildman–Crippen MR) is 135 cm³/mol. The Balaban J connectivity index is 0.00000320. The molecule has 1 saturated carbocycles. The van der Waals surface area contributed by atoms with Crippen LogP contribution >= 0.6 is 24.0 Å². The van der Waals surface area contributed by atoms with Crippen molar-refractivity contribution in [3.8, 4) is 0 Å². The number of nitrogens with zero attached hydrogens (tertiary/aromatic N) is 4. The Kier molecular flexibility index (Phi) is 9.12. The van der Waals surface area contributed by atoms with Crippen LogP contribution in [-0.4, -0.2) is 33.3 Å². The van der Waals surface area contributed by atoms with E-state index in [2.05, 4.69) is 65.9 Å². The highest BCUT2D eigenvalue weighted by atomic mass is 127. The molecule has 30 heavy (non-hydrogen) atoms. The smallest absolute Gasteiger partial charge is 0.191 e. The number of aromatic nitrogens is 3. The summed E-state index contributed by atoms with van der Waals surface area (Å²) in [7, 11) is 1.99. The lowest BCUT2D eigenvalue weighted by Crippen LogP contribution is -2.46. The van der Waals surface area contributed by atoms with E-state index in [0.29, 0.717) is 12.6 Å². The molecule has 0 unspecified atom stereocenters. The van der Waals surface area contributed by atoms with E-state index in [-0.39, 0.29) is 29.4 Å². The summed E-state index contributed by atoms with van der Waals surface area (Å²) in [5.41, 5.74) is 2.72. The number of hydrogen-bond acceptors (Lipinski definition) is 3. The maximum Gasteiger partial charge on any atom is 0.191 e.